The van der Waals surface area contributed by atoms with Crippen molar-refractivity contribution in [2.75, 3.05) is 26.2 Å². The largest absolute Gasteiger partial charge is 0.353 e. The van der Waals surface area contributed by atoms with E-state index in [1.54, 1.807) is 17.1 Å². The highest BCUT2D eigenvalue weighted by Gasteiger charge is 2.23. The number of carbonyl (C=O) groups is 2. The first-order chi connectivity index (χ1) is 8.20. The Morgan fingerprint density at radius 3 is 3.12 bits per heavy atom. The summed E-state index contributed by atoms with van der Waals surface area (Å²) in [7, 11) is 0. The highest BCUT2D eigenvalue weighted by Crippen LogP contribution is 2.04. The first-order valence-corrected chi connectivity index (χ1v) is 5.48. The Bertz CT molecular complexity index is 428. The Balaban J connectivity index is 2.05. The molecule has 1 aromatic rings. The van der Waals surface area contributed by atoms with E-state index in [0.717, 1.165) is 0 Å². The fourth-order valence-corrected chi connectivity index (χ4v) is 1.72. The van der Waals surface area contributed by atoms with Gasteiger partial charge in [-0.3, -0.25) is 9.59 Å². The molecule has 0 atom stereocenters. The summed E-state index contributed by atoms with van der Waals surface area (Å²) in [5, 5.41) is 2.67. The van der Waals surface area contributed by atoms with E-state index in [2.05, 4.69) is 10.3 Å². The van der Waals surface area contributed by atoms with E-state index in [4.69, 9.17) is 5.73 Å². The lowest BCUT2D eigenvalue weighted by Crippen LogP contribution is -2.50. The van der Waals surface area contributed by atoms with E-state index >= 15 is 0 Å². The summed E-state index contributed by atoms with van der Waals surface area (Å²) in [6.45, 7) is 2.24. The monoisotopic (exact) mass is 237 g/mol. The fraction of sp³-hybridized carbons (Fsp3) is 0.500. The molecule has 7 heteroatoms. The van der Waals surface area contributed by atoms with E-state index in [1.165, 1.54) is 4.90 Å². The van der Waals surface area contributed by atoms with E-state index in [-0.39, 0.29) is 18.4 Å². The number of carbonyl (C=O) groups excluding carboxylic acids is 2. The maximum absolute atomic E-state index is 12.0. The van der Waals surface area contributed by atoms with E-state index in [9.17, 15) is 9.59 Å². The third kappa shape index (κ3) is 2.62. The number of nitrogens with zero attached hydrogens (tertiary/aromatic N) is 3. The second-order valence-corrected chi connectivity index (χ2v) is 3.86. The number of rotatable bonds is 3. The molecule has 92 valence electrons. The Kier molecular flexibility index (Phi) is 3.38. The zero-order valence-electron chi connectivity index (χ0n) is 9.43. The van der Waals surface area contributed by atoms with Gasteiger partial charge in [0.25, 0.3) is 5.91 Å². The van der Waals surface area contributed by atoms with Gasteiger partial charge in [-0.2, -0.15) is 0 Å². The number of nitrogens with two attached hydrogens (primary N) is 1. The molecule has 7 nitrogen and oxygen atoms in total. The van der Waals surface area contributed by atoms with Crippen LogP contribution in [0.25, 0.3) is 0 Å². The molecule has 2 amide bonds. The van der Waals surface area contributed by atoms with Crippen molar-refractivity contribution in [1.29, 1.82) is 0 Å². The van der Waals surface area contributed by atoms with Crippen molar-refractivity contribution >= 4 is 11.8 Å². The highest BCUT2D eigenvalue weighted by atomic mass is 16.2. The third-order valence-corrected chi connectivity index (χ3v) is 2.57. The van der Waals surface area contributed by atoms with Crippen LogP contribution in [0.5, 0.6) is 0 Å². The van der Waals surface area contributed by atoms with Crippen LogP contribution in [0.3, 0.4) is 0 Å². The van der Waals surface area contributed by atoms with Crippen molar-refractivity contribution in [3.8, 4) is 0 Å². The second-order valence-electron chi connectivity index (χ2n) is 3.86. The van der Waals surface area contributed by atoms with Crippen LogP contribution in [0, 0.1) is 0 Å². The first-order valence-electron chi connectivity index (χ1n) is 5.48. The van der Waals surface area contributed by atoms with Crippen LogP contribution in [-0.2, 0) is 11.3 Å². The Morgan fingerprint density at radius 2 is 2.41 bits per heavy atom. The quantitative estimate of drug-likeness (QED) is 0.663. The van der Waals surface area contributed by atoms with Gasteiger partial charge in [-0.15, -0.1) is 0 Å². The van der Waals surface area contributed by atoms with Gasteiger partial charge in [0.15, 0.2) is 0 Å². The molecule has 1 fully saturated rings. The Morgan fingerprint density at radius 1 is 1.59 bits per heavy atom. The molecule has 0 spiro atoms. The molecular weight excluding hydrogens is 222 g/mol. The smallest absolute Gasteiger partial charge is 0.274 e. The van der Waals surface area contributed by atoms with Gasteiger partial charge < -0.3 is 20.5 Å². The average molecular weight is 237 g/mol. The lowest BCUT2D eigenvalue weighted by Gasteiger charge is -2.25. The molecule has 2 heterocycles. The van der Waals surface area contributed by atoms with E-state index < -0.39 is 0 Å². The maximum atomic E-state index is 12.0. The van der Waals surface area contributed by atoms with Crippen LogP contribution in [0.15, 0.2) is 12.5 Å². The number of nitrogens with one attached hydrogen (secondary N) is 1. The molecule has 1 aliphatic heterocycles. The molecule has 0 unspecified atom stereocenters. The molecule has 0 aliphatic carbocycles. The molecule has 1 aromatic heterocycles. The van der Waals surface area contributed by atoms with Gasteiger partial charge in [0.2, 0.25) is 5.91 Å². The zero-order valence-corrected chi connectivity index (χ0v) is 9.43. The Hall–Kier alpha value is -1.89. The van der Waals surface area contributed by atoms with Gasteiger partial charge in [0.1, 0.15) is 5.69 Å². The number of amides is 2. The van der Waals surface area contributed by atoms with Crippen LogP contribution >= 0.6 is 0 Å². The summed E-state index contributed by atoms with van der Waals surface area (Å²) < 4.78 is 1.76. The number of imidazole rings is 1. The summed E-state index contributed by atoms with van der Waals surface area (Å²) in [4.78, 5) is 28.7. The molecule has 2 rings (SSSR count). The fourth-order valence-electron chi connectivity index (χ4n) is 1.72. The van der Waals surface area contributed by atoms with Crippen molar-refractivity contribution in [3.63, 3.8) is 0 Å². The summed E-state index contributed by atoms with van der Waals surface area (Å²) in [5.41, 5.74) is 5.76. The summed E-state index contributed by atoms with van der Waals surface area (Å²) in [5.74, 6) is -0.346. The number of hydrogen-bond donors (Lipinski definition) is 2. The summed E-state index contributed by atoms with van der Waals surface area (Å²) in [6, 6.07) is 0. The lowest BCUT2D eigenvalue weighted by atomic mass is 10.3. The van der Waals surface area contributed by atoms with Crippen LogP contribution in [-0.4, -0.2) is 52.4 Å². The summed E-state index contributed by atoms with van der Waals surface area (Å²) in [6.07, 6.45) is 3.23. The zero-order chi connectivity index (χ0) is 12.3. The van der Waals surface area contributed by atoms with Crippen molar-refractivity contribution in [2.45, 2.75) is 6.54 Å². The van der Waals surface area contributed by atoms with Gasteiger partial charge in [-0.25, -0.2) is 4.98 Å². The first kappa shape index (κ1) is 11.6. The van der Waals surface area contributed by atoms with Crippen LogP contribution in [0.2, 0.25) is 0 Å². The van der Waals surface area contributed by atoms with E-state index in [1.807, 2.05) is 0 Å². The normalized spacial score (nSPS) is 15.8. The highest BCUT2D eigenvalue weighted by molar-refractivity contribution is 5.95. The van der Waals surface area contributed by atoms with Gasteiger partial charge in [-0.1, -0.05) is 0 Å². The second kappa shape index (κ2) is 4.96. The van der Waals surface area contributed by atoms with Gasteiger partial charge in [-0.05, 0) is 0 Å². The van der Waals surface area contributed by atoms with Crippen molar-refractivity contribution in [3.05, 3.63) is 18.2 Å². The van der Waals surface area contributed by atoms with Gasteiger partial charge in [0, 0.05) is 32.4 Å². The molecule has 0 saturated carbocycles. The molecule has 3 N–H and O–H groups in total. The van der Waals surface area contributed by atoms with Crippen LogP contribution in [0.4, 0.5) is 0 Å². The van der Waals surface area contributed by atoms with Crippen LogP contribution in [0.1, 0.15) is 10.5 Å². The van der Waals surface area contributed by atoms with Crippen molar-refractivity contribution in [2.24, 2.45) is 5.73 Å². The molecular formula is C10H15N5O2. The predicted octanol–water partition coefficient (Wildman–Crippen LogP) is -1.59. The summed E-state index contributed by atoms with van der Waals surface area (Å²) >= 11 is 0. The minimum Gasteiger partial charge on any atom is -0.353 e. The lowest BCUT2D eigenvalue weighted by molar-refractivity contribution is -0.123. The molecule has 0 bridgehead atoms. The SMILES string of the molecule is NCCn1cnc(C(=O)N2CCNC(=O)C2)c1. The third-order valence-electron chi connectivity index (χ3n) is 2.57. The Labute approximate surface area is 98.6 Å². The number of piperazine rings is 1. The standard InChI is InChI=1S/C10H15N5O2/c11-1-3-14-5-8(13-7-14)10(17)15-4-2-12-9(16)6-15/h5,7H,1-4,6,11H2,(H,12,16). The number of aromatic nitrogens is 2. The van der Waals surface area contributed by atoms with E-state index in [0.29, 0.717) is 31.9 Å². The number of hydrogen-bond acceptors (Lipinski definition) is 4. The van der Waals surface area contributed by atoms with Crippen molar-refractivity contribution in [1.82, 2.24) is 19.8 Å². The molecule has 0 aromatic carbocycles. The molecule has 1 aliphatic rings. The molecule has 1 saturated heterocycles. The molecule has 0 radical (unpaired) electrons. The van der Waals surface area contributed by atoms with Gasteiger partial charge in [0.05, 0.1) is 12.9 Å². The topological polar surface area (TPSA) is 93.2 Å². The van der Waals surface area contributed by atoms with Crippen molar-refractivity contribution < 1.29 is 9.59 Å². The van der Waals surface area contributed by atoms with Crippen LogP contribution < -0.4 is 11.1 Å². The predicted molar refractivity (Wildman–Crippen MR) is 60.2 cm³/mol. The minimum atomic E-state index is -0.212. The minimum absolute atomic E-state index is 0.0998. The van der Waals surface area contributed by atoms with Gasteiger partial charge >= 0.3 is 0 Å². The average Bonchev–Trinajstić information content (AvgIpc) is 2.77. The maximum Gasteiger partial charge on any atom is 0.274 e. The molecule has 17 heavy (non-hydrogen) atoms.